The average molecular weight is 262 g/mol. The second-order valence-electron chi connectivity index (χ2n) is 5.27. The number of allylic oxidation sites excluding steroid dienone is 1. The van der Waals surface area contributed by atoms with Crippen molar-refractivity contribution in [2.24, 2.45) is 0 Å². The Morgan fingerprint density at radius 1 is 1.53 bits per heavy atom. The van der Waals surface area contributed by atoms with Crippen LogP contribution in [-0.4, -0.2) is 27.2 Å². The lowest BCUT2D eigenvalue weighted by Gasteiger charge is -2.33. The van der Waals surface area contributed by atoms with Gasteiger partial charge in [0.15, 0.2) is 5.75 Å². The molecule has 0 aromatic carbocycles. The topological polar surface area (TPSA) is 45.5 Å². The highest BCUT2D eigenvalue weighted by atomic mass is 16.3. The molecule has 0 saturated carbocycles. The Bertz CT molecular complexity index is 507. The van der Waals surface area contributed by atoms with Gasteiger partial charge in [-0.2, -0.15) is 0 Å². The van der Waals surface area contributed by atoms with Crippen LogP contribution in [0, 0.1) is 0 Å². The van der Waals surface area contributed by atoms with Gasteiger partial charge in [-0.25, -0.2) is 0 Å². The molecule has 2 heterocycles. The minimum absolute atomic E-state index is 0.197. The van der Waals surface area contributed by atoms with Gasteiger partial charge in [0.1, 0.15) is 0 Å². The average Bonchev–Trinajstić information content (AvgIpc) is 2.38. The fraction of sp³-hybridized carbons (Fsp3) is 0.533. The van der Waals surface area contributed by atoms with Gasteiger partial charge in [0.05, 0.1) is 6.20 Å². The summed E-state index contributed by atoms with van der Waals surface area (Å²) < 4.78 is 1.89. The van der Waals surface area contributed by atoms with Crippen LogP contribution in [0.1, 0.15) is 31.9 Å². The number of rotatable bonds is 4. The molecule has 1 atom stereocenters. The normalized spacial score (nSPS) is 20.4. The zero-order valence-electron chi connectivity index (χ0n) is 11.5. The first kappa shape index (κ1) is 13.9. The molecule has 19 heavy (non-hydrogen) atoms. The van der Waals surface area contributed by atoms with Gasteiger partial charge in [0.25, 0.3) is 0 Å². The molecule has 104 valence electrons. The Kier molecular flexibility index (Phi) is 4.43. The van der Waals surface area contributed by atoms with Crippen molar-refractivity contribution in [3.63, 3.8) is 0 Å². The highest BCUT2D eigenvalue weighted by Crippen LogP contribution is 2.19. The van der Waals surface area contributed by atoms with Crippen LogP contribution in [0.15, 0.2) is 29.7 Å². The Hall–Kier alpha value is -1.55. The molecule has 1 aromatic rings. The SMILES string of the molecule is C=CCn1cc(O)c(=O)cc1CN1CCCCC1C. The monoisotopic (exact) mass is 262 g/mol. The Balaban J connectivity index is 2.24. The molecule has 1 aliphatic rings. The largest absolute Gasteiger partial charge is 0.503 e. The summed E-state index contributed by atoms with van der Waals surface area (Å²) >= 11 is 0. The van der Waals surface area contributed by atoms with Crippen LogP contribution in [0.5, 0.6) is 5.75 Å². The third-order valence-corrected chi connectivity index (χ3v) is 3.83. The molecule has 0 bridgehead atoms. The number of pyridine rings is 1. The van der Waals surface area contributed by atoms with Gasteiger partial charge < -0.3 is 9.67 Å². The van der Waals surface area contributed by atoms with Crippen molar-refractivity contribution in [3.05, 3.63) is 40.8 Å². The van der Waals surface area contributed by atoms with Crippen molar-refractivity contribution in [2.75, 3.05) is 6.54 Å². The molecular weight excluding hydrogens is 240 g/mol. The number of piperidine rings is 1. The molecule has 1 unspecified atom stereocenters. The van der Waals surface area contributed by atoms with E-state index in [1.165, 1.54) is 25.5 Å². The van der Waals surface area contributed by atoms with E-state index in [9.17, 15) is 9.90 Å². The second kappa shape index (κ2) is 6.06. The van der Waals surface area contributed by atoms with E-state index >= 15 is 0 Å². The fourth-order valence-corrected chi connectivity index (χ4v) is 2.65. The second-order valence-corrected chi connectivity index (χ2v) is 5.27. The van der Waals surface area contributed by atoms with Crippen LogP contribution in [0.4, 0.5) is 0 Å². The van der Waals surface area contributed by atoms with E-state index in [-0.39, 0.29) is 11.2 Å². The zero-order chi connectivity index (χ0) is 13.8. The molecule has 4 heteroatoms. The van der Waals surface area contributed by atoms with Gasteiger partial charge in [-0.05, 0) is 26.3 Å². The Morgan fingerprint density at radius 3 is 3.00 bits per heavy atom. The highest BCUT2D eigenvalue weighted by molar-refractivity contribution is 5.21. The third kappa shape index (κ3) is 3.26. The van der Waals surface area contributed by atoms with Crippen molar-refractivity contribution in [2.45, 2.75) is 45.3 Å². The standard InChI is InChI=1S/C15H22N2O2/c1-3-7-17-11-15(19)14(18)9-13(17)10-16-8-5-4-6-12(16)2/h3,9,11-12,19H,1,4-8,10H2,2H3. The van der Waals surface area contributed by atoms with Crippen molar-refractivity contribution < 1.29 is 5.11 Å². The number of likely N-dealkylation sites (tertiary alicyclic amines) is 1. The molecular formula is C15H22N2O2. The van der Waals surface area contributed by atoms with Gasteiger partial charge >= 0.3 is 0 Å². The summed E-state index contributed by atoms with van der Waals surface area (Å²) in [5.74, 6) is -0.197. The van der Waals surface area contributed by atoms with E-state index in [1.54, 1.807) is 12.1 Å². The summed E-state index contributed by atoms with van der Waals surface area (Å²) in [7, 11) is 0. The van der Waals surface area contributed by atoms with Crippen molar-refractivity contribution in [1.29, 1.82) is 0 Å². The molecule has 4 nitrogen and oxygen atoms in total. The molecule has 0 spiro atoms. The number of nitrogens with zero attached hydrogens (tertiary/aromatic N) is 2. The molecule has 0 aliphatic carbocycles. The molecule has 1 N–H and O–H groups in total. The summed E-state index contributed by atoms with van der Waals surface area (Å²) in [4.78, 5) is 14.0. The van der Waals surface area contributed by atoms with Gasteiger partial charge in [-0.15, -0.1) is 6.58 Å². The molecule has 1 aliphatic heterocycles. The first-order valence-corrected chi connectivity index (χ1v) is 6.89. The highest BCUT2D eigenvalue weighted by Gasteiger charge is 2.19. The molecule has 1 fully saturated rings. The predicted molar refractivity (Wildman–Crippen MR) is 76.3 cm³/mol. The molecule has 1 aromatic heterocycles. The van der Waals surface area contributed by atoms with E-state index in [2.05, 4.69) is 18.4 Å². The summed E-state index contributed by atoms with van der Waals surface area (Å²) in [5, 5.41) is 9.53. The minimum Gasteiger partial charge on any atom is -0.503 e. The smallest absolute Gasteiger partial charge is 0.223 e. The summed E-state index contributed by atoms with van der Waals surface area (Å²) in [5.41, 5.74) is 0.636. The van der Waals surface area contributed by atoms with E-state index in [1.807, 2.05) is 4.57 Å². The maximum Gasteiger partial charge on any atom is 0.223 e. The maximum absolute atomic E-state index is 11.6. The number of hydrogen-bond acceptors (Lipinski definition) is 3. The van der Waals surface area contributed by atoms with Crippen LogP contribution < -0.4 is 5.43 Å². The van der Waals surface area contributed by atoms with Crippen molar-refractivity contribution >= 4 is 0 Å². The van der Waals surface area contributed by atoms with Crippen LogP contribution >= 0.6 is 0 Å². The third-order valence-electron chi connectivity index (χ3n) is 3.83. The van der Waals surface area contributed by atoms with Crippen molar-refractivity contribution in [1.82, 2.24) is 9.47 Å². The first-order valence-electron chi connectivity index (χ1n) is 6.89. The Labute approximate surface area is 114 Å². The summed E-state index contributed by atoms with van der Waals surface area (Å²) in [6.45, 7) is 8.38. The lowest BCUT2D eigenvalue weighted by atomic mass is 10.0. The van der Waals surface area contributed by atoms with Crippen LogP contribution in [-0.2, 0) is 13.1 Å². The lowest BCUT2D eigenvalue weighted by molar-refractivity contribution is 0.149. The summed E-state index contributed by atoms with van der Waals surface area (Å²) in [6.07, 6.45) is 6.99. The fourth-order valence-electron chi connectivity index (χ4n) is 2.65. The van der Waals surface area contributed by atoms with Crippen LogP contribution in [0.3, 0.4) is 0 Å². The van der Waals surface area contributed by atoms with Crippen LogP contribution in [0.2, 0.25) is 0 Å². The zero-order valence-corrected chi connectivity index (χ0v) is 11.5. The lowest BCUT2D eigenvalue weighted by Crippen LogP contribution is -2.37. The van der Waals surface area contributed by atoms with Gasteiger partial charge in [-0.3, -0.25) is 9.69 Å². The molecule has 0 radical (unpaired) electrons. The van der Waals surface area contributed by atoms with Gasteiger partial charge in [0.2, 0.25) is 5.43 Å². The minimum atomic E-state index is -0.306. The van der Waals surface area contributed by atoms with E-state index in [0.29, 0.717) is 12.6 Å². The molecule has 0 amide bonds. The quantitative estimate of drug-likeness (QED) is 0.845. The first-order chi connectivity index (χ1) is 9.11. The summed E-state index contributed by atoms with van der Waals surface area (Å²) in [6, 6.07) is 2.09. The number of aromatic nitrogens is 1. The maximum atomic E-state index is 11.6. The van der Waals surface area contributed by atoms with Crippen LogP contribution in [0.25, 0.3) is 0 Å². The Morgan fingerprint density at radius 2 is 2.32 bits per heavy atom. The van der Waals surface area contributed by atoms with Gasteiger partial charge in [0, 0.05) is 30.9 Å². The van der Waals surface area contributed by atoms with E-state index < -0.39 is 0 Å². The number of hydrogen-bond donors (Lipinski definition) is 1. The van der Waals surface area contributed by atoms with Gasteiger partial charge in [-0.1, -0.05) is 12.5 Å². The van der Waals surface area contributed by atoms with Crippen molar-refractivity contribution in [3.8, 4) is 5.75 Å². The number of aromatic hydroxyl groups is 1. The van der Waals surface area contributed by atoms with E-state index in [0.717, 1.165) is 18.8 Å². The molecule has 2 rings (SSSR count). The van der Waals surface area contributed by atoms with E-state index in [4.69, 9.17) is 0 Å². The molecule has 1 saturated heterocycles. The predicted octanol–water partition coefficient (Wildman–Crippen LogP) is 2.11.